The van der Waals surface area contributed by atoms with Gasteiger partial charge in [-0.15, -0.1) is 0 Å². The molecule has 0 saturated carbocycles. The molecule has 0 bridgehead atoms. The highest BCUT2D eigenvalue weighted by molar-refractivity contribution is 6.09. The molecular weight excluding hydrogens is 407 g/mol. The van der Waals surface area contributed by atoms with E-state index in [0.29, 0.717) is 5.56 Å². The first-order valence-corrected chi connectivity index (χ1v) is 11.0. The van der Waals surface area contributed by atoms with E-state index in [9.17, 15) is 0 Å². The maximum atomic E-state index is 15.2. The summed E-state index contributed by atoms with van der Waals surface area (Å²) in [6, 6.07) is 39.8. The number of hydrogen-bond acceptors (Lipinski definition) is 1. The lowest BCUT2D eigenvalue weighted by Crippen LogP contribution is -1.98. The van der Waals surface area contributed by atoms with E-state index >= 15 is 4.39 Å². The fourth-order valence-corrected chi connectivity index (χ4v) is 4.56. The summed E-state index contributed by atoms with van der Waals surface area (Å²) < 4.78 is 17.4. The zero-order chi connectivity index (χ0) is 22.2. The van der Waals surface area contributed by atoms with Crippen LogP contribution in [0.5, 0.6) is 0 Å². The standard InChI is InChI=1S/C30H21FN2/c31-27-19-18-22(33-29-16-8-5-13-24(29)25-14-6-9-17-30(25)33)20-26(27)23-12-4-7-15-28(23)32-21-10-2-1-3-11-21/h1-20,32H. The third kappa shape index (κ3) is 3.35. The lowest BCUT2D eigenvalue weighted by molar-refractivity contribution is 0.631. The second-order valence-electron chi connectivity index (χ2n) is 8.07. The number of aromatic nitrogens is 1. The summed E-state index contributed by atoms with van der Waals surface area (Å²) in [5.41, 5.74) is 6.35. The molecule has 0 radical (unpaired) electrons. The number of para-hydroxylation sites is 4. The zero-order valence-electron chi connectivity index (χ0n) is 17.9. The van der Waals surface area contributed by atoms with Crippen LogP contribution in [-0.4, -0.2) is 4.57 Å². The topological polar surface area (TPSA) is 17.0 Å². The molecule has 158 valence electrons. The van der Waals surface area contributed by atoms with Crippen molar-refractivity contribution in [2.75, 3.05) is 5.32 Å². The summed E-state index contributed by atoms with van der Waals surface area (Å²) in [4.78, 5) is 0. The zero-order valence-corrected chi connectivity index (χ0v) is 17.9. The van der Waals surface area contributed by atoms with Gasteiger partial charge in [-0.05, 0) is 48.5 Å². The predicted octanol–water partition coefficient (Wildman–Crippen LogP) is 8.33. The number of hydrogen-bond donors (Lipinski definition) is 1. The fourth-order valence-electron chi connectivity index (χ4n) is 4.56. The smallest absolute Gasteiger partial charge is 0.131 e. The molecule has 2 nitrogen and oxygen atoms in total. The summed E-state index contributed by atoms with van der Waals surface area (Å²) in [7, 11) is 0. The van der Waals surface area contributed by atoms with Crippen LogP contribution >= 0.6 is 0 Å². The molecule has 0 spiro atoms. The van der Waals surface area contributed by atoms with Gasteiger partial charge in [0.1, 0.15) is 5.82 Å². The van der Waals surface area contributed by atoms with Gasteiger partial charge in [-0.25, -0.2) is 4.39 Å². The summed E-state index contributed by atoms with van der Waals surface area (Å²) in [5, 5.41) is 5.81. The molecular formula is C30H21FN2. The Morgan fingerprint density at radius 1 is 0.545 bits per heavy atom. The predicted molar refractivity (Wildman–Crippen MR) is 136 cm³/mol. The fraction of sp³-hybridized carbons (Fsp3) is 0. The molecule has 6 aromatic rings. The molecule has 5 aromatic carbocycles. The largest absolute Gasteiger partial charge is 0.355 e. The van der Waals surface area contributed by atoms with Gasteiger partial charge in [-0.2, -0.15) is 0 Å². The van der Waals surface area contributed by atoms with Gasteiger partial charge in [-0.3, -0.25) is 0 Å². The first-order valence-electron chi connectivity index (χ1n) is 11.0. The van der Waals surface area contributed by atoms with Crippen molar-refractivity contribution in [3.8, 4) is 16.8 Å². The number of fused-ring (bicyclic) bond motifs is 3. The molecule has 0 aliphatic carbocycles. The minimum absolute atomic E-state index is 0.248. The van der Waals surface area contributed by atoms with Crippen molar-refractivity contribution in [2.45, 2.75) is 0 Å². The molecule has 0 fully saturated rings. The highest BCUT2D eigenvalue weighted by atomic mass is 19.1. The van der Waals surface area contributed by atoms with Gasteiger partial charge in [0, 0.05) is 39.0 Å². The maximum absolute atomic E-state index is 15.2. The Labute approximate surface area is 191 Å². The average Bonchev–Trinajstić information content (AvgIpc) is 3.20. The van der Waals surface area contributed by atoms with Crippen molar-refractivity contribution in [1.29, 1.82) is 0 Å². The van der Waals surface area contributed by atoms with Crippen molar-refractivity contribution in [1.82, 2.24) is 4.57 Å². The third-order valence-electron chi connectivity index (χ3n) is 6.06. The van der Waals surface area contributed by atoms with Gasteiger partial charge in [0.15, 0.2) is 0 Å². The van der Waals surface area contributed by atoms with Crippen LogP contribution < -0.4 is 5.32 Å². The molecule has 33 heavy (non-hydrogen) atoms. The van der Waals surface area contributed by atoms with E-state index < -0.39 is 0 Å². The van der Waals surface area contributed by atoms with Crippen LogP contribution in [0.2, 0.25) is 0 Å². The van der Waals surface area contributed by atoms with Crippen LogP contribution in [-0.2, 0) is 0 Å². The lowest BCUT2D eigenvalue weighted by atomic mass is 10.0. The molecule has 0 aliphatic rings. The molecule has 0 atom stereocenters. The van der Waals surface area contributed by atoms with Crippen molar-refractivity contribution >= 4 is 33.2 Å². The number of anilines is 2. The Morgan fingerprint density at radius 2 is 1.15 bits per heavy atom. The maximum Gasteiger partial charge on any atom is 0.131 e. The van der Waals surface area contributed by atoms with E-state index in [1.54, 1.807) is 6.07 Å². The normalized spacial score (nSPS) is 11.2. The van der Waals surface area contributed by atoms with Crippen LogP contribution in [0.3, 0.4) is 0 Å². The van der Waals surface area contributed by atoms with Crippen molar-refractivity contribution in [3.05, 3.63) is 127 Å². The van der Waals surface area contributed by atoms with Crippen LogP contribution in [0.15, 0.2) is 121 Å². The second kappa shape index (κ2) is 7.95. The molecule has 3 heteroatoms. The van der Waals surface area contributed by atoms with E-state index in [1.807, 2.05) is 78.9 Å². The van der Waals surface area contributed by atoms with Gasteiger partial charge in [0.2, 0.25) is 0 Å². The quantitative estimate of drug-likeness (QED) is 0.299. The second-order valence-corrected chi connectivity index (χ2v) is 8.07. The molecule has 1 heterocycles. The van der Waals surface area contributed by atoms with Gasteiger partial charge in [0.05, 0.1) is 11.0 Å². The minimum Gasteiger partial charge on any atom is -0.355 e. The van der Waals surface area contributed by atoms with E-state index in [0.717, 1.165) is 33.7 Å². The molecule has 0 unspecified atom stereocenters. The molecule has 0 aliphatic heterocycles. The number of rotatable bonds is 4. The Bertz CT molecular complexity index is 1550. The van der Waals surface area contributed by atoms with Crippen LogP contribution in [0.4, 0.5) is 15.8 Å². The molecule has 0 saturated heterocycles. The number of nitrogens with one attached hydrogen (secondary N) is 1. The van der Waals surface area contributed by atoms with Crippen LogP contribution in [0.25, 0.3) is 38.6 Å². The molecule has 1 N–H and O–H groups in total. The molecule has 0 amide bonds. The first-order chi connectivity index (χ1) is 16.3. The van der Waals surface area contributed by atoms with Gasteiger partial charge in [0.25, 0.3) is 0 Å². The highest BCUT2D eigenvalue weighted by Gasteiger charge is 2.15. The van der Waals surface area contributed by atoms with E-state index in [4.69, 9.17) is 0 Å². The van der Waals surface area contributed by atoms with E-state index in [2.05, 4.69) is 46.3 Å². The summed E-state index contributed by atoms with van der Waals surface area (Å²) in [6.45, 7) is 0. The van der Waals surface area contributed by atoms with Crippen molar-refractivity contribution in [3.63, 3.8) is 0 Å². The van der Waals surface area contributed by atoms with E-state index in [1.165, 1.54) is 10.8 Å². The highest BCUT2D eigenvalue weighted by Crippen LogP contribution is 2.36. The summed E-state index contributed by atoms with van der Waals surface area (Å²) in [6.07, 6.45) is 0. The van der Waals surface area contributed by atoms with Gasteiger partial charge < -0.3 is 9.88 Å². The SMILES string of the molecule is Fc1ccc(-n2c3ccccc3c3ccccc32)cc1-c1ccccc1Nc1ccccc1. The summed E-state index contributed by atoms with van der Waals surface area (Å²) >= 11 is 0. The monoisotopic (exact) mass is 428 g/mol. The van der Waals surface area contributed by atoms with E-state index in [-0.39, 0.29) is 5.82 Å². The third-order valence-corrected chi connectivity index (χ3v) is 6.06. The van der Waals surface area contributed by atoms with Crippen LogP contribution in [0, 0.1) is 5.82 Å². The summed E-state index contributed by atoms with van der Waals surface area (Å²) in [5.74, 6) is -0.248. The van der Waals surface area contributed by atoms with Crippen molar-refractivity contribution < 1.29 is 4.39 Å². The minimum atomic E-state index is -0.248. The first kappa shape index (κ1) is 19.3. The Kier molecular flexibility index (Phi) is 4.66. The average molecular weight is 429 g/mol. The Balaban J connectivity index is 1.55. The number of halogens is 1. The van der Waals surface area contributed by atoms with Crippen molar-refractivity contribution in [2.24, 2.45) is 0 Å². The van der Waals surface area contributed by atoms with Gasteiger partial charge in [-0.1, -0.05) is 72.8 Å². The molecule has 1 aromatic heterocycles. The van der Waals surface area contributed by atoms with Gasteiger partial charge >= 0.3 is 0 Å². The molecule has 6 rings (SSSR count). The lowest BCUT2D eigenvalue weighted by Gasteiger charge is -2.15. The van der Waals surface area contributed by atoms with Crippen LogP contribution in [0.1, 0.15) is 0 Å². The number of benzene rings is 5. The Morgan fingerprint density at radius 3 is 1.88 bits per heavy atom. The Hall–Kier alpha value is -4.37. The number of nitrogens with zero attached hydrogens (tertiary/aromatic N) is 1.